The molecule has 0 saturated carbocycles. The Bertz CT molecular complexity index is 807. The van der Waals surface area contributed by atoms with Gasteiger partial charge in [0.2, 0.25) is 5.91 Å². The highest BCUT2D eigenvalue weighted by atomic mass is 35.5. The number of amides is 1. The molecule has 1 aliphatic heterocycles. The predicted molar refractivity (Wildman–Crippen MR) is 102 cm³/mol. The molecule has 2 heterocycles. The van der Waals surface area contributed by atoms with Gasteiger partial charge in [-0.25, -0.2) is 0 Å². The first kappa shape index (κ1) is 17.8. The number of carbonyl (C=O) groups excluding carboxylic acids is 1. The molecule has 25 heavy (non-hydrogen) atoms. The number of hydrogen-bond donors (Lipinski definition) is 0. The van der Waals surface area contributed by atoms with Gasteiger partial charge in [-0.3, -0.25) is 9.48 Å². The van der Waals surface area contributed by atoms with Crippen molar-refractivity contribution in [2.24, 2.45) is 7.05 Å². The van der Waals surface area contributed by atoms with Gasteiger partial charge in [0.05, 0.1) is 16.4 Å². The van der Waals surface area contributed by atoms with Crippen LogP contribution in [0.15, 0.2) is 30.3 Å². The lowest BCUT2D eigenvalue weighted by Gasteiger charge is -2.36. The summed E-state index contributed by atoms with van der Waals surface area (Å²) in [7, 11) is 1.78. The van der Waals surface area contributed by atoms with Gasteiger partial charge < -0.3 is 9.80 Å². The number of benzene rings is 1. The average Bonchev–Trinajstić information content (AvgIpc) is 2.85. The van der Waals surface area contributed by atoms with Gasteiger partial charge in [0.25, 0.3) is 0 Å². The van der Waals surface area contributed by atoms with Crippen LogP contribution in [-0.4, -0.2) is 46.8 Å². The minimum Gasteiger partial charge on any atom is -0.367 e. The first-order valence-corrected chi connectivity index (χ1v) is 8.88. The third-order valence-electron chi connectivity index (χ3n) is 4.37. The fourth-order valence-electron chi connectivity index (χ4n) is 2.97. The minimum atomic E-state index is -0.0156. The van der Waals surface area contributed by atoms with Crippen molar-refractivity contribution in [3.63, 3.8) is 0 Å². The molecule has 1 aromatic carbocycles. The van der Waals surface area contributed by atoms with E-state index in [0.717, 1.165) is 35.1 Å². The number of piperazine rings is 1. The molecule has 7 heteroatoms. The van der Waals surface area contributed by atoms with Gasteiger partial charge in [0.15, 0.2) is 0 Å². The third-order valence-corrected chi connectivity index (χ3v) is 5.14. The van der Waals surface area contributed by atoms with E-state index in [1.807, 2.05) is 36.1 Å². The van der Waals surface area contributed by atoms with Crippen molar-refractivity contribution in [2.75, 3.05) is 31.1 Å². The Labute approximate surface area is 157 Å². The van der Waals surface area contributed by atoms with Crippen molar-refractivity contribution in [3.05, 3.63) is 51.8 Å². The van der Waals surface area contributed by atoms with Gasteiger partial charge in [-0.15, -0.1) is 0 Å². The van der Waals surface area contributed by atoms with Crippen LogP contribution < -0.4 is 4.90 Å². The fourth-order valence-corrected chi connectivity index (χ4v) is 3.46. The molecule has 0 spiro atoms. The van der Waals surface area contributed by atoms with E-state index in [0.29, 0.717) is 18.2 Å². The number of anilines is 1. The van der Waals surface area contributed by atoms with Crippen molar-refractivity contribution >= 4 is 40.9 Å². The summed E-state index contributed by atoms with van der Waals surface area (Å²) in [6.07, 6.45) is 3.31. The molecular formula is C18H20Cl2N4O. The maximum Gasteiger partial charge on any atom is 0.246 e. The number of rotatable bonds is 3. The Morgan fingerprint density at radius 1 is 1.16 bits per heavy atom. The standard InChI is InChI=1S/C18H20Cl2N4O/c1-13-14(18(20)22(2)21-13)7-8-17(25)24-11-9-23(10-12-24)16-6-4-3-5-15(16)19/h3-8H,9-12H2,1-2H3/b8-7+. The van der Waals surface area contributed by atoms with Gasteiger partial charge >= 0.3 is 0 Å². The quantitative estimate of drug-likeness (QED) is 0.768. The molecule has 3 rings (SSSR count). The van der Waals surface area contributed by atoms with Gasteiger partial charge in [-0.05, 0) is 25.1 Å². The zero-order valence-electron chi connectivity index (χ0n) is 14.2. The van der Waals surface area contributed by atoms with Crippen LogP contribution in [0.3, 0.4) is 0 Å². The van der Waals surface area contributed by atoms with Crippen molar-refractivity contribution in [2.45, 2.75) is 6.92 Å². The Morgan fingerprint density at radius 3 is 2.44 bits per heavy atom. The summed E-state index contributed by atoms with van der Waals surface area (Å²) in [6.45, 7) is 4.71. The maximum absolute atomic E-state index is 12.4. The molecule has 0 radical (unpaired) electrons. The van der Waals surface area contributed by atoms with Crippen LogP contribution in [0.1, 0.15) is 11.3 Å². The average molecular weight is 379 g/mol. The van der Waals surface area contributed by atoms with Crippen LogP contribution in [-0.2, 0) is 11.8 Å². The predicted octanol–water partition coefficient (Wildman–Crippen LogP) is 3.40. The van der Waals surface area contributed by atoms with Crippen molar-refractivity contribution in [3.8, 4) is 0 Å². The summed E-state index contributed by atoms with van der Waals surface area (Å²) >= 11 is 12.4. The molecule has 1 saturated heterocycles. The number of aromatic nitrogens is 2. The highest BCUT2D eigenvalue weighted by Gasteiger charge is 2.21. The van der Waals surface area contributed by atoms with E-state index in [9.17, 15) is 4.79 Å². The van der Waals surface area contributed by atoms with Crippen molar-refractivity contribution in [1.29, 1.82) is 0 Å². The Kier molecular flexibility index (Phi) is 5.35. The van der Waals surface area contributed by atoms with E-state index >= 15 is 0 Å². The molecule has 0 unspecified atom stereocenters. The SMILES string of the molecule is Cc1nn(C)c(Cl)c1/C=C/C(=O)N1CCN(c2ccccc2Cl)CC1. The highest BCUT2D eigenvalue weighted by Crippen LogP contribution is 2.26. The molecule has 0 N–H and O–H groups in total. The second-order valence-corrected chi connectivity index (χ2v) is 6.78. The third kappa shape index (κ3) is 3.83. The summed E-state index contributed by atoms with van der Waals surface area (Å²) in [5.41, 5.74) is 2.61. The minimum absolute atomic E-state index is 0.0156. The number of halogens is 2. The second kappa shape index (κ2) is 7.50. The zero-order chi connectivity index (χ0) is 18.0. The Hall–Kier alpha value is -1.98. The first-order valence-electron chi connectivity index (χ1n) is 8.13. The molecular weight excluding hydrogens is 359 g/mol. The lowest BCUT2D eigenvalue weighted by atomic mass is 10.2. The summed E-state index contributed by atoms with van der Waals surface area (Å²) in [5.74, 6) is -0.0156. The van der Waals surface area contributed by atoms with Gasteiger partial charge in [0.1, 0.15) is 5.15 Å². The summed E-state index contributed by atoms with van der Waals surface area (Å²) in [6, 6.07) is 7.79. The molecule has 5 nitrogen and oxygen atoms in total. The van der Waals surface area contributed by atoms with Crippen LogP contribution in [0.2, 0.25) is 10.2 Å². The first-order chi connectivity index (χ1) is 12.0. The monoisotopic (exact) mass is 378 g/mol. The van der Waals surface area contributed by atoms with Crippen molar-refractivity contribution < 1.29 is 4.79 Å². The van der Waals surface area contributed by atoms with E-state index in [2.05, 4.69) is 10.00 Å². The van der Waals surface area contributed by atoms with E-state index in [1.54, 1.807) is 23.9 Å². The molecule has 1 fully saturated rings. The maximum atomic E-state index is 12.4. The van der Waals surface area contributed by atoms with Crippen LogP contribution in [0.5, 0.6) is 0 Å². The molecule has 0 bridgehead atoms. The smallest absolute Gasteiger partial charge is 0.246 e. The number of aryl methyl sites for hydroxylation is 2. The topological polar surface area (TPSA) is 41.4 Å². The van der Waals surface area contributed by atoms with Gasteiger partial charge in [0, 0.05) is 44.9 Å². The number of hydrogen-bond acceptors (Lipinski definition) is 3. The normalized spacial score (nSPS) is 15.2. The van der Waals surface area contributed by atoms with Crippen LogP contribution in [0, 0.1) is 6.92 Å². The fraction of sp³-hybridized carbons (Fsp3) is 0.333. The summed E-state index contributed by atoms with van der Waals surface area (Å²) in [5, 5.41) is 5.51. The summed E-state index contributed by atoms with van der Waals surface area (Å²) < 4.78 is 1.60. The zero-order valence-corrected chi connectivity index (χ0v) is 15.8. The van der Waals surface area contributed by atoms with Crippen LogP contribution in [0.25, 0.3) is 6.08 Å². The van der Waals surface area contributed by atoms with E-state index in [1.165, 1.54) is 0 Å². The van der Waals surface area contributed by atoms with E-state index in [4.69, 9.17) is 23.2 Å². The Morgan fingerprint density at radius 2 is 1.84 bits per heavy atom. The molecule has 1 amide bonds. The van der Waals surface area contributed by atoms with E-state index in [-0.39, 0.29) is 5.91 Å². The van der Waals surface area contributed by atoms with Crippen LogP contribution >= 0.6 is 23.2 Å². The van der Waals surface area contributed by atoms with Crippen molar-refractivity contribution in [1.82, 2.24) is 14.7 Å². The largest absolute Gasteiger partial charge is 0.367 e. The second-order valence-electron chi connectivity index (χ2n) is 6.01. The van der Waals surface area contributed by atoms with Gasteiger partial charge in [-0.2, -0.15) is 5.10 Å². The molecule has 1 aliphatic rings. The molecule has 2 aromatic rings. The number of para-hydroxylation sites is 1. The highest BCUT2D eigenvalue weighted by molar-refractivity contribution is 6.33. The summed E-state index contributed by atoms with van der Waals surface area (Å²) in [4.78, 5) is 16.5. The molecule has 1 aromatic heterocycles. The number of carbonyl (C=O) groups is 1. The number of nitrogens with zero attached hydrogens (tertiary/aromatic N) is 4. The molecule has 0 aliphatic carbocycles. The lowest BCUT2D eigenvalue weighted by molar-refractivity contribution is -0.126. The lowest BCUT2D eigenvalue weighted by Crippen LogP contribution is -2.48. The van der Waals surface area contributed by atoms with Gasteiger partial charge in [-0.1, -0.05) is 35.3 Å². The molecule has 132 valence electrons. The molecule has 0 atom stereocenters. The Balaban J connectivity index is 1.62. The van der Waals surface area contributed by atoms with E-state index < -0.39 is 0 Å². The van der Waals surface area contributed by atoms with Crippen LogP contribution in [0.4, 0.5) is 5.69 Å².